The Bertz CT molecular complexity index is 710. The van der Waals surface area contributed by atoms with Gasteiger partial charge in [-0.15, -0.1) is 0 Å². The average Bonchev–Trinajstić information content (AvgIpc) is 2.86. The van der Waals surface area contributed by atoms with Crippen molar-refractivity contribution in [3.63, 3.8) is 0 Å². The Morgan fingerprint density at radius 3 is 2.09 bits per heavy atom. The summed E-state index contributed by atoms with van der Waals surface area (Å²) in [5.41, 5.74) is 2.46. The van der Waals surface area contributed by atoms with Crippen molar-refractivity contribution in [2.24, 2.45) is 0 Å². The number of hydrogen-bond donors (Lipinski definition) is 0. The molecule has 0 aliphatic carbocycles. The molecular formula is C18H20O5. The van der Waals surface area contributed by atoms with E-state index in [1.54, 1.807) is 20.8 Å². The monoisotopic (exact) mass is 316 g/mol. The lowest BCUT2D eigenvalue weighted by Crippen LogP contribution is -2.09. The van der Waals surface area contributed by atoms with Gasteiger partial charge in [-0.1, -0.05) is 29.8 Å². The van der Waals surface area contributed by atoms with Gasteiger partial charge in [-0.25, -0.2) is 9.59 Å². The number of furan rings is 1. The van der Waals surface area contributed by atoms with Crippen LogP contribution in [0, 0.1) is 13.8 Å². The summed E-state index contributed by atoms with van der Waals surface area (Å²) in [7, 11) is 0. The number of hydrogen-bond acceptors (Lipinski definition) is 5. The number of rotatable bonds is 5. The van der Waals surface area contributed by atoms with E-state index in [0.29, 0.717) is 16.9 Å². The fraction of sp³-hybridized carbons (Fsp3) is 0.333. The zero-order valence-electron chi connectivity index (χ0n) is 13.8. The van der Waals surface area contributed by atoms with E-state index in [-0.39, 0.29) is 24.5 Å². The molecule has 0 unspecified atom stereocenters. The minimum absolute atomic E-state index is 0.0243. The highest BCUT2D eigenvalue weighted by Gasteiger charge is 2.29. The summed E-state index contributed by atoms with van der Waals surface area (Å²) in [5, 5.41) is 0. The standard InChI is InChI=1S/C18H20O5/c1-5-21-17(19)14-12(4)23-16(18(20)22-6-2)15(14)13-9-7-11(3)8-10-13/h7-10H,5-6H2,1-4H3. The predicted octanol–water partition coefficient (Wildman–Crippen LogP) is 3.92. The van der Waals surface area contributed by atoms with Crippen LogP contribution in [-0.4, -0.2) is 25.2 Å². The van der Waals surface area contributed by atoms with E-state index < -0.39 is 11.9 Å². The van der Waals surface area contributed by atoms with Crippen molar-refractivity contribution in [2.75, 3.05) is 13.2 Å². The zero-order valence-corrected chi connectivity index (χ0v) is 13.8. The Hall–Kier alpha value is -2.56. The molecule has 23 heavy (non-hydrogen) atoms. The highest BCUT2D eigenvalue weighted by molar-refractivity contribution is 6.05. The van der Waals surface area contributed by atoms with Crippen LogP contribution >= 0.6 is 0 Å². The summed E-state index contributed by atoms with van der Waals surface area (Å²) < 4.78 is 15.7. The van der Waals surface area contributed by atoms with Crippen molar-refractivity contribution in [1.82, 2.24) is 0 Å². The Balaban J connectivity index is 2.64. The van der Waals surface area contributed by atoms with Crippen LogP contribution in [0.15, 0.2) is 28.7 Å². The van der Waals surface area contributed by atoms with Gasteiger partial charge in [-0.05, 0) is 33.3 Å². The first kappa shape index (κ1) is 16.8. The normalized spacial score (nSPS) is 10.4. The van der Waals surface area contributed by atoms with Crippen LogP contribution in [0.3, 0.4) is 0 Å². The van der Waals surface area contributed by atoms with Crippen LogP contribution in [0.4, 0.5) is 0 Å². The van der Waals surface area contributed by atoms with Gasteiger partial charge in [0.1, 0.15) is 11.3 Å². The van der Waals surface area contributed by atoms with E-state index in [4.69, 9.17) is 13.9 Å². The maximum absolute atomic E-state index is 12.3. The fourth-order valence-corrected chi connectivity index (χ4v) is 2.33. The lowest BCUT2D eigenvalue weighted by Gasteiger charge is -2.07. The molecule has 0 radical (unpaired) electrons. The second kappa shape index (κ2) is 7.13. The van der Waals surface area contributed by atoms with Crippen molar-refractivity contribution >= 4 is 11.9 Å². The summed E-state index contributed by atoms with van der Waals surface area (Å²) in [5.74, 6) is -0.750. The van der Waals surface area contributed by atoms with Crippen LogP contribution in [0.2, 0.25) is 0 Å². The molecule has 2 aromatic rings. The largest absolute Gasteiger partial charge is 0.462 e. The Morgan fingerprint density at radius 2 is 1.52 bits per heavy atom. The molecule has 0 saturated carbocycles. The molecule has 122 valence electrons. The third-order valence-corrected chi connectivity index (χ3v) is 3.36. The first-order valence-electron chi connectivity index (χ1n) is 7.54. The molecule has 0 aliphatic rings. The Kier molecular flexibility index (Phi) is 5.21. The molecule has 0 fully saturated rings. The number of esters is 2. The van der Waals surface area contributed by atoms with Crippen LogP contribution in [0.1, 0.15) is 46.1 Å². The number of benzene rings is 1. The smallest absolute Gasteiger partial charge is 0.374 e. The fourth-order valence-electron chi connectivity index (χ4n) is 2.33. The lowest BCUT2D eigenvalue weighted by atomic mass is 9.99. The molecule has 0 amide bonds. The van der Waals surface area contributed by atoms with Crippen molar-refractivity contribution in [3.05, 3.63) is 46.9 Å². The van der Waals surface area contributed by atoms with Gasteiger partial charge in [-0.3, -0.25) is 0 Å². The SMILES string of the molecule is CCOC(=O)c1oc(C)c(C(=O)OCC)c1-c1ccc(C)cc1. The topological polar surface area (TPSA) is 65.7 Å². The quantitative estimate of drug-likeness (QED) is 0.782. The second-order valence-corrected chi connectivity index (χ2v) is 5.04. The van der Waals surface area contributed by atoms with Crippen LogP contribution < -0.4 is 0 Å². The van der Waals surface area contributed by atoms with Gasteiger partial charge in [0.25, 0.3) is 0 Å². The Morgan fingerprint density at radius 1 is 0.957 bits per heavy atom. The van der Waals surface area contributed by atoms with E-state index in [1.807, 2.05) is 31.2 Å². The minimum atomic E-state index is -0.596. The molecule has 1 aromatic carbocycles. The molecule has 0 atom stereocenters. The van der Waals surface area contributed by atoms with E-state index in [0.717, 1.165) is 5.56 Å². The molecule has 1 heterocycles. The van der Waals surface area contributed by atoms with Gasteiger partial charge < -0.3 is 13.9 Å². The third-order valence-electron chi connectivity index (χ3n) is 3.36. The lowest BCUT2D eigenvalue weighted by molar-refractivity contribution is 0.0486. The zero-order chi connectivity index (χ0) is 17.0. The molecule has 2 rings (SSSR count). The molecule has 0 bridgehead atoms. The molecule has 5 nitrogen and oxygen atoms in total. The highest BCUT2D eigenvalue weighted by Crippen LogP contribution is 2.34. The van der Waals surface area contributed by atoms with E-state index in [9.17, 15) is 9.59 Å². The average molecular weight is 316 g/mol. The van der Waals surface area contributed by atoms with Crippen molar-refractivity contribution in [2.45, 2.75) is 27.7 Å². The summed E-state index contributed by atoms with van der Waals surface area (Å²) in [6, 6.07) is 7.49. The Labute approximate surface area is 135 Å². The van der Waals surface area contributed by atoms with Crippen molar-refractivity contribution < 1.29 is 23.5 Å². The summed E-state index contributed by atoms with van der Waals surface area (Å²) >= 11 is 0. The van der Waals surface area contributed by atoms with Crippen molar-refractivity contribution in [3.8, 4) is 11.1 Å². The number of ether oxygens (including phenoxy) is 2. The first-order valence-corrected chi connectivity index (χ1v) is 7.54. The molecule has 0 saturated heterocycles. The number of carbonyl (C=O) groups is 2. The maximum Gasteiger partial charge on any atom is 0.374 e. The van der Waals surface area contributed by atoms with Gasteiger partial charge in [0.2, 0.25) is 5.76 Å². The molecule has 0 N–H and O–H groups in total. The molecule has 0 spiro atoms. The maximum atomic E-state index is 12.3. The van der Waals surface area contributed by atoms with E-state index in [2.05, 4.69) is 0 Å². The van der Waals surface area contributed by atoms with Gasteiger partial charge in [-0.2, -0.15) is 0 Å². The van der Waals surface area contributed by atoms with Crippen LogP contribution in [-0.2, 0) is 9.47 Å². The number of aryl methyl sites for hydroxylation is 2. The molecule has 0 aliphatic heterocycles. The minimum Gasteiger partial charge on any atom is -0.462 e. The third kappa shape index (κ3) is 3.44. The van der Waals surface area contributed by atoms with Gasteiger partial charge in [0.05, 0.1) is 18.8 Å². The molecule has 5 heteroatoms. The van der Waals surface area contributed by atoms with Gasteiger partial charge in [0, 0.05) is 0 Å². The predicted molar refractivity (Wildman–Crippen MR) is 85.5 cm³/mol. The van der Waals surface area contributed by atoms with E-state index in [1.165, 1.54) is 0 Å². The van der Waals surface area contributed by atoms with Gasteiger partial charge >= 0.3 is 11.9 Å². The van der Waals surface area contributed by atoms with E-state index >= 15 is 0 Å². The molecule has 1 aromatic heterocycles. The van der Waals surface area contributed by atoms with Crippen LogP contribution in [0.25, 0.3) is 11.1 Å². The highest BCUT2D eigenvalue weighted by atomic mass is 16.5. The summed E-state index contributed by atoms with van der Waals surface area (Å²) in [4.78, 5) is 24.5. The molecular weight excluding hydrogens is 296 g/mol. The van der Waals surface area contributed by atoms with Crippen molar-refractivity contribution in [1.29, 1.82) is 0 Å². The van der Waals surface area contributed by atoms with Crippen LogP contribution in [0.5, 0.6) is 0 Å². The number of carbonyl (C=O) groups excluding carboxylic acids is 2. The summed E-state index contributed by atoms with van der Waals surface area (Å²) in [6.07, 6.45) is 0. The second-order valence-electron chi connectivity index (χ2n) is 5.04. The first-order chi connectivity index (χ1) is 11.0. The summed E-state index contributed by atoms with van der Waals surface area (Å²) in [6.45, 7) is 7.50. The van der Waals surface area contributed by atoms with Gasteiger partial charge in [0.15, 0.2) is 0 Å².